The van der Waals surface area contributed by atoms with E-state index in [9.17, 15) is 8.42 Å². The van der Waals surface area contributed by atoms with E-state index in [-0.39, 0.29) is 6.04 Å². The van der Waals surface area contributed by atoms with Crippen molar-refractivity contribution in [3.05, 3.63) is 71.8 Å². The second-order valence-corrected chi connectivity index (χ2v) is 7.19. The molecule has 0 aromatic heterocycles. The van der Waals surface area contributed by atoms with Crippen LogP contribution in [-0.2, 0) is 10.0 Å². The lowest BCUT2D eigenvalue weighted by molar-refractivity contribution is 0.607. The molecule has 0 spiro atoms. The average molecular weight is 330 g/mol. The molecule has 0 radical (unpaired) electrons. The second-order valence-electron chi connectivity index (χ2n) is 5.44. The Kier molecular flexibility index (Phi) is 5.96. The van der Waals surface area contributed by atoms with E-state index >= 15 is 0 Å². The first-order chi connectivity index (χ1) is 10.9. The van der Waals surface area contributed by atoms with E-state index in [1.54, 1.807) is 12.1 Å². The lowest BCUT2D eigenvalue weighted by Gasteiger charge is -2.13. The summed E-state index contributed by atoms with van der Waals surface area (Å²) in [7, 11) is -3.23. The monoisotopic (exact) mass is 330 g/mol. The maximum absolute atomic E-state index is 11.2. The molecule has 23 heavy (non-hydrogen) atoms. The quantitative estimate of drug-likeness (QED) is 0.818. The molecule has 5 heteroatoms. The van der Waals surface area contributed by atoms with Crippen LogP contribution in [0.4, 0.5) is 5.69 Å². The van der Waals surface area contributed by atoms with Gasteiger partial charge in [0.25, 0.3) is 0 Å². The van der Waals surface area contributed by atoms with Gasteiger partial charge in [0.1, 0.15) is 0 Å². The topological polar surface area (TPSA) is 58.2 Å². The summed E-state index contributed by atoms with van der Waals surface area (Å²) in [4.78, 5) is 0. The maximum Gasteiger partial charge on any atom is 0.229 e. The molecule has 122 valence electrons. The van der Waals surface area contributed by atoms with Crippen molar-refractivity contribution in [3.8, 4) is 0 Å². The molecule has 0 saturated heterocycles. The Morgan fingerprint density at radius 1 is 1.04 bits per heavy atom. The normalized spacial score (nSPS) is 13.1. The van der Waals surface area contributed by atoms with Crippen LogP contribution in [0, 0.1) is 0 Å². The van der Waals surface area contributed by atoms with Crippen LogP contribution in [0.25, 0.3) is 6.08 Å². The van der Waals surface area contributed by atoms with E-state index in [1.165, 1.54) is 5.56 Å². The smallest absolute Gasteiger partial charge is 0.229 e. The Bertz CT molecular complexity index is 738. The Balaban J connectivity index is 1.86. The molecule has 2 N–H and O–H groups in total. The molecular formula is C18H22N2O2S. The predicted molar refractivity (Wildman–Crippen MR) is 96.8 cm³/mol. The highest BCUT2D eigenvalue weighted by molar-refractivity contribution is 7.92. The van der Waals surface area contributed by atoms with Gasteiger partial charge in [-0.05, 0) is 30.2 Å². The average Bonchev–Trinajstić information content (AvgIpc) is 2.51. The van der Waals surface area contributed by atoms with Gasteiger partial charge in [0.15, 0.2) is 0 Å². The van der Waals surface area contributed by atoms with Gasteiger partial charge in [-0.25, -0.2) is 8.42 Å². The molecule has 2 aromatic carbocycles. The van der Waals surface area contributed by atoms with Gasteiger partial charge in [-0.15, -0.1) is 0 Å². The van der Waals surface area contributed by atoms with E-state index in [0.717, 1.165) is 18.4 Å². The predicted octanol–water partition coefficient (Wildman–Crippen LogP) is 3.42. The van der Waals surface area contributed by atoms with Crippen LogP contribution < -0.4 is 10.0 Å². The van der Waals surface area contributed by atoms with Gasteiger partial charge in [-0.2, -0.15) is 0 Å². The Labute approximate surface area is 138 Å². The van der Waals surface area contributed by atoms with E-state index in [4.69, 9.17) is 0 Å². The van der Waals surface area contributed by atoms with Crippen molar-refractivity contribution in [2.75, 3.05) is 17.5 Å². The first-order valence-electron chi connectivity index (χ1n) is 7.47. The van der Waals surface area contributed by atoms with Crippen LogP contribution >= 0.6 is 0 Å². The number of hydrogen-bond acceptors (Lipinski definition) is 3. The molecule has 4 nitrogen and oxygen atoms in total. The minimum absolute atomic E-state index is 0.183. The van der Waals surface area contributed by atoms with Crippen molar-refractivity contribution in [2.45, 2.75) is 13.0 Å². The van der Waals surface area contributed by atoms with Crippen molar-refractivity contribution >= 4 is 21.8 Å². The highest BCUT2D eigenvalue weighted by Crippen LogP contribution is 2.16. The molecule has 0 fully saturated rings. The fourth-order valence-electron chi connectivity index (χ4n) is 2.18. The van der Waals surface area contributed by atoms with Crippen molar-refractivity contribution in [2.24, 2.45) is 0 Å². The number of benzene rings is 2. The van der Waals surface area contributed by atoms with Crippen LogP contribution in [0.3, 0.4) is 0 Å². The summed E-state index contributed by atoms with van der Waals surface area (Å²) < 4.78 is 24.8. The lowest BCUT2D eigenvalue weighted by atomic mass is 10.1. The van der Waals surface area contributed by atoms with Crippen molar-refractivity contribution in [1.82, 2.24) is 5.32 Å². The molecule has 0 amide bonds. The standard InChI is InChI=1S/C18H22N2O2S/c1-15(19-14-6-9-16-7-4-3-5-8-16)17-10-12-18(13-11-17)20-23(2,21)22/h3-13,15,19-20H,14H2,1-2H3. The summed E-state index contributed by atoms with van der Waals surface area (Å²) >= 11 is 0. The Hall–Kier alpha value is -2.11. The van der Waals surface area contributed by atoms with Gasteiger partial charge in [-0.3, -0.25) is 4.72 Å². The third-order valence-electron chi connectivity index (χ3n) is 3.37. The number of hydrogen-bond donors (Lipinski definition) is 2. The summed E-state index contributed by atoms with van der Waals surface area (Å²) in [6.07, 6.45) is 5.31. The number of sulfonamides is 1. The number of rotatable bonds is 7. The van der Waals surface area contributed by atoms with Crippen molar-refractivity contribution < 1.29 is 8.42 Å². The van der Waals surface area contributed by atoms with Crippen LogP contribution in [0.2, 0.25) is 0 Å². The van der Waals surface area contributed by atoms with Gasteiger partial charge in [0.05, 0.1) is 6.26 Å². The minimum Gasteiger partial charge on any atom is -0.307 e. The molecule has 2 aromatic rings. The minimum atomic E-state index is -3.23. The van der Waals surface area contributed by atoms with E-state index in [1.807, 2.05) is 30.3 Å². The van der Waals surface area contributed by atoms with Gasteiger partial charge in [0, 0.05) is 18.3 Å². The largest absolute Gasteiger partial charge is 0.307 e. The van der Waals surface area contributed by atoms with Gasteiger partial charge in [0.2, 0.25) is 10.0 Å². The van der Waals surface area contributed by atoms with Crippen LogP contribution in [0.5, 0.6) is 0 Å². The summed E-state index contributed by atoms with van der Waals surface area (Å²) in [6.45, 7) is 2.84. The number of anilines is 1. The molecule has 0 aliphatic rings. The Morgan fingerprint density at radius 3 is 2.30 bits per heavy atom. The molecule has 0 bridgehead atoms. The maximum atomic E-state index is 11.2. The third kappa shape index (κ3) is 6.26. The third-order valence-corrected chi connectivity index (χ3v) is 3.97. The summed E-state index contributed by atoms with van der Waals surface area (Å²) in [6, 6.07) is 17.7. The molecule has 2 rings (SSSR count). The van der Waals surface area contributed by atoms with Crippen molar-refractivity contribution in [3.63, 3.8) is 0 Å². The fourth-order valence-corrected chi connectivity index (χ4v) is 2.74. The summed E-state index contributed by atoms with van der Waals surface area (Å²) in [5.41, 5.74) is 2.86. The van der Waals surface area contributed by atoms with Gasteiger partial charge < -0.3 is 5.32 Å². The van der Waals surface area contributed by atoms with Gasteiger partial charge >= 0.3 is 0 Å². The molecule has 0 saturated carbocycles. The SMILES string of the molecule is CC(NCC=Cc1ccccc1)c1ccc(NS(C)(=O)=O)cc1. The summed E-state index contributed by atoms with van der Waals surface area (Å²) in [5.74, 6) is 0. The molecule has 1 unspecified atom stereocenters. The van der Waals surface area contributed by atoms with E-state index in [2.05, 4.69) is 41.2 Å². The zero-order chi connectivity index (χ0) is 16.7. The van der Waals surface area contributed by atoms with E-state index < -0.39 is 10.0 Å². The van der Waals surface area contributed by atoms with Gasteiger partial charge in [-0.1, -0.05) is 54.6 Å². The van der Waals surface area contributed by atoms with Crippen LogP contribution in [0.1, 0.15) is 24.1 Å². The number of nitrogens with one attached hydrogen (secondary N) is 2. The Morgan fingerprint density at radius 2 is 1.70 bits per heavy atom. The summed E-state index contributed by atoms with van der Waals surface area (Å²) in [5, 5.41) is 3.41. The molecule has 0 aliphatic carbocycles. The van der Waals surface area contributed by atoms with Crippen molar-refractivity contribution in [1.29, 1.82) is 0 Å². The molecule has 0 aliphatic heterocycles. The molecular weight excluding hydrogens is 308 g/mol. The first-order valence-corrected chi connectivity index (χ1v) is 9.36. The van der Waals surface area contributed by atoms with Crippen LogP contribution in [-0.4, -0.2) is 21.2 Å². The zero-order valence-corrected chi connectivity index (χ0v) is 14.2. The zero-order valence-electron chi connectivity index (χ0n) is 13.4. The van der Waals surface area contributed by atoms with Crippen LogP contribution in [0.15, 0.2) is 60.7 Å². The van der Waals surface area contributed by atoms with E-state index in [0.29, 0.717) is 5.69 Å². The molecule has 1 atom stereocenters. The fraction of sp³-hybridized carbons (Fsp3) is 0.222. The molecule has 0 heterocycles. The first kappa shape index (κ1) is 17.2. The highest BCUT2D eigenvalue weighted by Gasteiger charge is 2.05. The lowest BCUT2D eigenvalue weighted by Crippen LogP contribution is -2.18. The highest BCUT2D eigenvalue weighted by atomic mass is 32.2. The second kappa shape index (κ2) is 7.94.